The lowest BCUT2D eigenvalue weighted by atomic mass is 10.1. The van der Waals surface area contributed by atoms with Crippen LogP contribution < -0.4 is 4.74 Å². The number of benzene rings is 1. The quantitative estimate of drug-likeness (QED) is 0.522. The summed E-state index contributed by atoms with van der Waals surface area (Å²) in [4.78, 5) is 46.6. The number of fused-ring (bicyclic) bond motifs is 1. The molecule has 10 nitrogen and oxygen atoms in total. The summed E-state index contributed by atoms with van der Waals surface area (Å²) in [7, 11) is 3.50. The van der Waals surface area contributed by atoms with Crippen molar-refractivity contribution in [3.05, 3.63) is 30.0 Å². The van der Waals surface area contributed by atoms with Gasteiger partial charge in [0.05, 0.1) is 19.2 Å². The van der Waals surface area contributed by atoms with Gasteiger partial charge in [0.15, 0.2) is 0 Å². The summed E-state index contributed by atoms with van der Waals surface area (Å²) in [6, 6.07) is 7.40. The smallest absolute Gasteiger partial charge is 0.410 e. The van der Waals surface area contributed by atoms with Crippen LogP contribution in [0.5, 0.6) is 5.75 Å². The van der Waals surface area contributed by atoms with E-state index in [-0.39, 0.29) is 36.5 Å². The molecule has 2 aromatic rings. The molecule has 0 spiro atoms. The van der Waals surface area contributed by atoms with Gasteiger partial charge in [-0.3, -0.25) is 14.5 Å². The molecule has 1 aromatic heterocycles. The van der Waals surface area contributed by atoms with Gasteiger partial charge in [-0.05, 0) is 45.9 Å². The van der Waals surface area contributed by atoms with Gasteiger partial charge in [-0.1, -0.05) is 0 Å². The van der Waals surface area contributed by atoms with Crippen LogP contribution in [0.2, 0.25) is 0 Å². The molecule has 2 aliphatic heterocycles. The summed E-state index contributed by atoms with van der Waals surface area (Å²) < 4.78 is 12.8. The molecule has 1 aromatic carbocycles. The second-order valence-corrected chi connectivity index (χ2v) is 11.7. The van der Waals surface area contributed by atoms with E-state index in [1.807, 2.05) is 68.5 Å². The number of halogens is 1. The molecule has 0 bridgehead atoms. The average molecular weight is 562 g/mol. The summed E-state index contributed by atoms with van der Waals surface area (Å²) in [5.41, 5.74) is 0.965. The molecule has 4 rings (SSSR count). The Morgan fingerprint density at radius 3 is 2.31 bits per heavy atom. The van der Waals surface area contributed by atoms with Crippen LogP contribution in [-0.2, 0) is 16.6 Å². The molecule has 2 fully saturated rings. The van der Waals surface area contributed by atoms with E-state index in [9.17, 15) is 14.4 Å². The van der Waals surface area contributed by atoms with E-state index in [1.54, 1.807) is 16.9 Å². The maximum absolute atomic E-state index is 13.3. The van der Waals surface area contributed by atoms with Crippen molar-refractivity contribution in [2.24, 2.45) is 7.05 Å². The van der Waals surface area contributed by atoms with E-state index < -0.39 is 5.60 Å². The highest BCUT2D eigenvalue weighted by atomic mass is 35.5. The number of hydrogen-bond acceptors (Lipinski definition) is 6. The molecule has 0 N–H and O–H groups in total. The SMILES string of the molecule is COc1ccc2cc(C(=O)N3CCN(C(=O)CN4C[C@@H](C)N(C(=O)OC(C)(C)C)C[C@@H]4CCl)CC3)n(C)c2c1. The normalized spacial score (nSPS) is 20.8. The number of ether oxygens (including phenoxy) is 2. The van der Waals surface area contributed by atoms with Crippen LogP contribution in [0.1, 0.15) is 38.2 Å². The van der Waals surface area contributed by atoms with Crippen molar-refractivity contribution in [1.82, 2.24) is 24.2 Å². The number of aromatic nitrogens is 1. The van der Waals surface area contributed by atoms with E-state index in [4.69, 9.17) is 21.1 Å². The highest BCUT2D eigenvalue weighted by Gasteiger charge is 2.37. The van der Waals surface area contributed by atoms with Crippen molar-refractivity contribution in [3.63, 3.8) is 0 Å². The largest absolute Gasteiger partial charge is 0.497 e. The summed E-state index contributed by atoms with van der Waals surface area (Å²) in [6.07, 6.45) is -0.359. The second-order valence-electron chi connectivity index (χ2n) is 11.4. The van der Waals surface area contributed by atoms with Gasteiger partial charge in [-0.2, -0.15) is 0 Å². The molecule has 2 saturated heterocycles. The first kappa shape index (κ1) is 29.0. The summed E-state index contributed by atoms with van der Waals surface area (Å²) in [5, 5.41) is 0.977. The maximum atomic E-state index is 13.3. The summed E-state index contributed by atoms with van der Waals surface area (Å²) in [6.45, 7) is 10.5. The monoisotopic (exact) mass is 561 g/mol. The van der Waals surface area contributed by atoms with Gasteiger partial charge in [0, 0.05) is 75.7 Å². The third-order valence-corrected chi connectivity index (χ3v) is 7.85. The van der Waals surface area contributed by atoms with Crippen LogP contribution in [0.15, 0.2) is 24.3 Å². The van der Waals surface area contributed by atoms with E-state index in [0.29, 0.717) is 50.8 Å². The Kier molecular flexibility index (Phi) is 8.66. The molecule has 0 unspecified atom stereocenters. The van der Waals surface area contributed by atoms with E-state index >= 15 is 0 Å². The molecule has 2 aliphatic rings. The zero-order chi connectivity index (χ0) is 28.5. The Hall–Kier alpha value is -2.98. The standard InChI is InChI=1S/C28H40ClN5O5/c1-19-16-33(21(15-29)17-34(19)27(37)39-28(2,3)4)18-25(35)31-9-11-32(12-10-31)26(36)24-13-20-7-8-22(38-6)14-23(20)30(24)5/h7-8,13-14,19,21H,9-12,15-18H2,1-6H3/t19-,21+/m1/s1. The van der Waals surface area contributed by atoms with Crippen LogP contribution >= 0.6 is 11.6 Å². The minimum atomic E-state index is -0.578. The minimum absolute atomic E-state index is 0.00633. The number of methoxy groups -OCH3 is 1. The number of nitrogens with zero attached hydrogens (tertiary/aromatic N) is 5. The van der Waals surface area contributed by atoms with Gasteiger partial charge < -0.3 is 28.7 Å². The van der Waals surface area contributed by atoms with Crippen molar-refractivity contribution in [3.8, 4) is 5.75 Å². The zero-order valence-electron chi connectivity index (χ0n) is 23.8. The van der Waals surface area contributed by atoms with Crippen LogP contribution in [0.3, 0.4) is 0 Å². The Labute approximate surface area is 235 Å². The Morgan fingerprint density at radius 2 is 1.69 bits per heavy atom. The minimum Gasteiger partial charge on any atom is -0.497 e. The molecule has 11 heteroatoms. The fourth-order valence-electron chi connectivity index (χ4n) is 5.26. The van der Waals surface area contributed by atoms with Crippen LogP contribution in [0.25, 0.3) is 10.9 Å². The topological polar surface area (TPSA) is 87.6 Å². The number of hydrogen-bond donors (Lipinski definition) is 0. The van der Waals surface area contributed by atoms with E-state index in [1.165, 1.54) is 0 Å². The fraction of sp³-hybridized carbons (Fsp3) is 0.607. The number of piperazine rings is 2. The van der Waals surface area contributed by atoms with Gasteiger partial charge in [-0.25, -0.2) is 4.79 Å². The number of carbonyl (C=O) groups excluding carboxylic acids is 3. The van der Waals surface area contributed by atoms with Gasteiger partial charge in [0.25, 0.3) is 5.91 Å². The van der Waals surface area contributed by atoms with Crippen LogP contribution in [0.4, 0.5) is 4.79 Å². The predicted molar refractivity (Wildman–Crippen MR) is 150 cm³/mol. The first-order valence-corrected chi connectivity index (χ1v) is 14.0. The van der Waals surface area contributed by atoms with Gasteiger partial charge in [0.1, 0.15) is 17.0 Å². The Balaban J connectivity index is 1.33. The van der Waals surface area contributed by atoms with Crippen molar-refractivity contribution < 1.29 is 23.9 Å². The van der Waals surface area contributed by atoms with Crippen molar-refractivity contribution in [1.29, 1.82) is 0 Å². The molecule has 3 amide bonds. The number of amides is 3. The third kappa shape index (κ3) is 6.44. The van der Waals surface area contributed by atoms with Gasteiger partial charge in [0.2, 0.25) is 5.91 Å². The van der Waals surface area contributed by atoms with Gasteiger partial charge in [-0.15, -0.1) is 11.6 Å². The molecule has 0 saturated carbocycles. The molecular weight excluding hydrogens is 522 g/mol. The van der Waals surface area contributed by atoms with Crippen LogP contribution in [-0.4, -0.2) is 119 Å². The Bertz CT molecular complexity index is 1220. The van der Waals surface area contributed by atoms with Crippen molar-refractivity contribution in [2.45, 2.75) is 45.4 Å². The summed E-state index contributed by atoms with van der Waals surface area (Å²) >= 11 is 6.27. The lowest BCUT2D eigenvalue weighted by Gasteiger charge is -2.45. The Morgan fingerprint density at radius 1 is 1.03 bits per heavy atom. The third-order valence-electron chi connectivity index (χ3n) is 7.49. The second kappa shape index (κ2) is 11.6. The molecule has 214 valence electrons. The number of aryl methyl sites for hydroxylation is 1. The molecule has 3 heterocycles. The van der Waals surface area contributed by atoms with Crippen molar-refractivity contribution in [2.75, 3.05) is 58.8 Å². The number of carbonyl (C=O) groups is 3. The molecular formula is C28H40ClN5O5. The first-order chi connectivity index (χ1) is 18.4. The van der Waals surface area contributed by atoms with E-state index in [0.717, 1.165) is 16.7 Å². The van der Waals surface area contributed by atoms with E-state index in [2.05, 4.69) is 4.90 Å². The lowest BCUT2D eigenvalue weighted by Crippen LogP contribution is -2.62. The van der Waals surface area contributed by atoms with Crippen LogP contribution in [0, 0.1) is 0 Å². The fourth-order valence-corrected chi connectivity index (χ4v) is 5.55. The highest BCUT2D eigenvalue weighted by Crippen LogP contribution is 2.25. The summed E-state index contributed by atoms with van der Waals surface area (Å²) in [5.74, 6) is 1.01. The highest BCUT2D eigenvalue weighted by molar-refractivity contribution is 6.18. The zero-order valence-corrected chi connectivity index (χ0v) is 24.5. The molecule has 0 aliphatic carbocycles. The number of alkyl halides is 1. The first-order valence-electron chi connectivity index (χ1n) is 13.4. The average Bonchev–Trinajstić information content (AvgIpc) is 3.22. The van der Waals surface area contributed by atoms with Gasteiger partial charge >= 0.3 is 6.09 Å². The maximum Gasteiger partial charge on any atom is 0.410 e. The predicted octanol–water partition coefficient (Wildman–Crippen LogP) is 3.02. The van der Waals surface area contributed by atoms with Crippen molar-refractivity contribution >= 4 is 40.4 Å². The molecule has 0 radical (unpaired) electrons. The number of rotatable bonds is 5. The molecule has 2 atom stereocenters. The lowest BCUT2D eigenvalue weighted by molar-refractivity contribution is -0.135. The molecule has 39 heavy (non-hydrogen) atoms.